The molecule has 1 aromatic carbocycles. The van der Waals surface area contributed by atoms with E-state index in [0.717, 1.165) is 16.4 Å². The summed E-state index contributed by atoms with van der Waals surface area (Å²) in [6.45, 7) is 2.86. The maximum atomic E-state index is 4.44. The molecule has 67 valence electrons. The zero-order chi connectivity index (χ0) is 9.10. The molecule has 0 atom stereocenters. The number of nitrogens with zero attached hydrogens (tertiary/aromatic N) is 2. The summed E-state index contributed by atoms with van der Waals surface area (Å²) in [6, 6.07) is 8.16. The minimum absolute atomic E-state index is 0.834. The average molecular weight is 209 g/mol. The Morgan fingerprint density at radius 3 is 3.08 bits per heavy atom. The predicted octanol–water partition coefficient (Wildman–Crippen LogP) is 2.93. The van der Waals surface area contributed by atoms with Gasteiger partial charge in [0, 0.05) is 18.5 Å². The molecule has 1 aromatic heterocycles. The van der Waals surface area contributed by atoms with Crippen molar-refractivity contribution in [2.24, 2.45) is 0 Å². The number of thiazole rings is 1. The van der Waals surface area contributed by atoms with Crippen molar-refractivity contribution in [3.05, 3.63) is 24.3 Å². The van der Waals surface area contributed by atoms with E-state index in [2.05, 4.69) is 15.8 Å². The highest BCUT2D eigenvalue weighted by molar-refractivity contribution is 7.99. The third kappa shape index (κ3) is 2.02. The van der Waals surface area contributed by atoms with Gasteiger partial charge in [-0.2, -0.15) is 4.72 Å². The normalized spacial score (nSPS) is 10.8. The third-order valence-electron chi connectivity index (χ3n) is 1.55. The summed E-state index contributed by atoms with van der Waals surface area (Å²) in [5.74, 6) is 0. The van der Waals surface area contributed by atoms with E-state index in [1.165, 1.54) is 16.6 Å². The van der Waals surface area contributed by atoms with E-state index in [-0.39, 0.29) is 0 Å². The second-order valence-electron chi connectivity index (χ2n) is 2.48. The van der Waals surface area contributed by atoms with Gasteiger partial charge in [0.1, 0.15) is 0 Å². The van der Waals surface area contributed by atoms with E-state index >= 15 is 0 Å². The molecule has 1 radical (unpaired) electrons. The number of para-hydroxylation sites is 1. The first-order chi connectivity index (χ1) is 6.40. The van der Waals surface area contributed by atoms with Crippen LogP contribution in [0.4, 0.5) is 0 Å². The lowest BCUT2D eigenvalue weighted by Gasteiger charge is -1.89. The van der Waals surface area contributed by atoms with Crippen molar-refractivity contribution in [2.45, 2.75) is 11.3 Å². The molecule has 0 bridgehead atoms. The molecule has 0 spiro atoms. The predicted molar refractivity (Wildman–Crippen MR) is 58.2 cm³/mol. The highest BCUT2D eigenvalue weighted by atomic mass is 32.2. The molecule has 0 aliphatic heterocycles. The second kappa shape index (κ2) is 4.09. The van der Waals surface area contributed by atoms with Crippen LogP contribution in [0.5, 0.6) is 0 Å². The van der Waals surface area contributed by atoms with Crippen LogP contribution < -0.4 is 4.72 Å². The van der Waals surface area contributed by atoms with Crippen molar-refractivity contribution in [1.82, 2.24) is 9.71 Å². The van der Waals surface area contributed by atoms with Crippen molar-refractivity contribution in [3.8, 4) is 0 Å². The lowest BCUT2D eigenvalue weighted by Crippen LogP contribution is -1.89. The lowest BCUT2D eigenvalue weighted by atomic mass is 10.3. The Bertz CT molecular complexity index is 364. The Balaban J connectivity index is 2.28. The number of benzene rings is 1. The zero-order valence-corrected chi connectivity index (χ0v) is 8.86. The molecular weight excluding hydrogens is 200 g/mol. The summed E-state index contributed by atoms with van der Waals surface area (Å²) in [7, 11) is 0. The molecular formula is C9H9N2S2. The fourth-order valence-corrected chi connectivity index (χ4v) is 2.66. The van der Waals surface area contributed by atoms with E-state index in [4.69, 9.17) is 0 Å². The first kappa shape index (κ1) is 8.99. The molecule has 0 aliphatic carbocycles. The fraction of sp³-hybridized carbons (Fsp3) is 0.222. The third-order valence-corrected chi connectivity index (χ3v) is 3.49. The fourth-order valence-electron chi connectivity index (χ4n) is 1.01. The van der Waals surface area contributed by atoms with E-state index in [1.54, 1.807) is 11.3 Å². The summed E-state index contributed by atoms with van der Waals surface area (Å²) in [5, 5.41) is 0. The van der Waals surface area contributed by atoms with Crippen LogP contribution in [0.25, 0.3) is 10.2 Å². The van der Waals surface area contributed by atoms with Gasteiger partial charge in [0.05, 0.1) is 10.2 Å². The monoisotopic (exact) mass is 209 g/mol. The molecule has 0 amide bonds. The molecule has 2 rings (SSSR count). The van der Waals surface area contributed by atoms with Gasteiger partial charge in [-0.05, 0) is 19.1 Å². The van der Waals surface area contributed by atoms with E-state index in [1.807, 2.05) is 25.1 Å². The minimum Gasteiger partial charge on any atom is -0.228 e. The minimum atomic E-state index is 0.834. The quantitative estimate of drug-likeness (QED) is 0.727. The first-order valence-corrected chi connectivity index (χ1v) is 5.68. The van der Waals surface area contributed by atoms with Gasteiger partial charge < -0.3 is 0 Å². The number of hydrogen-bond donors (Lipinski definition) is 0. The zero-order valence-electron chi connectivity index (χ0n) is 7.23. The van der Waals surface area contributed by atoms with Crippen LogP contribution in [0, 0.1) is 0 Å². The molecule has 0 N–H and O–H groups in total. The van der Waals surface area contributed by atoms with Crippen molar-refractivity contribution in [2.75, 3.05) is 6.54 Å². The Hall–Kier alpha value is -0.580. The van der Waals surface area contributed by atoms with Gasteiger partial charge in [0.2, 0.25) is 0 Å². The van der Waals surface area contributed by atoms with Gasteiger partial charge in [-0.25, -0.2) is 4.98 Å². The van der Waals surface area contributed by atoms with Crippen molar-refractivity contribution in [1.29, 1.82) is 0 Å². The van der Waals surface area contributed by atoms with Gasteiger partial charge in [-0.1, -0.05) is 12.1 Å². The SMILES string of the molecule is CC[N]Sc1nc2ccccc2s1. The maximum Gasteiger partial charge on any atom is 0.167 e. The first-order valence-electron chi connectivity index (χ1n) is 4.09. The standard InChI is InChI=1S/C9H9N2S2/c1-2-10-13-9-11-7-5-3-4-6-8(7)12-9/h3-6H,2H2,1H3. The summed E-state index contributed by atoms with van der Waals surface area (Å²) in [5.41, 5.74) is 1.07. The molecule has 0 saturated carbocycles. The molecule has 0 aliphatic rings. The molecule has 0 fully saturated rings. The van der Waals surface area contributed by atoms with E-state index in [0.29, 0.717) is 0 Å². The van der Waals surface area contributed by atoms with Crippen molar-refractivity contribution < 1.29 is 0 Å². The van der Waals surface area contributed by atoms with Crippen LogP contribution in [-0.2, 0) is 0 Å². The largest absolute Gasteiger partial charge is 0.228 e. The van der Waals surface area contributed by atoms with Crippen LogP contribution >= 0.6 is 23.3 Å². The van der Waals surface area contributed by atoms with Crippen LogP contribution in [0.15, 0.2) is 28.6 Å². The number of aromatic nitrogens is 1. The van der Waals surface area contributed by atoms with Gasteiger partial charge in [0.25, 0.3) is 0 Å². The topological polar surface area (TPSA) is 27.0 Å². The Kier molecular flexibility index (Phi) is 2.83. The van der Waals surface area contributed by atoms with Gasteiger partial charge >= 0.3 is 0 Å². The summed E-state index contributed by atoms with van der Waals surface area (Å²) in [4.78, 5) is 4.44. The summed E-state index contributed by atoms with van der Waals surface area (Å²) in [6.07, 6.45) is 0. The van der Waals surface area contributed by atoms with Crippen molar-refractivity contribution >= 4 is 33.5 Å². The molecule has 4 heteroatoms. The van der Waals surface area contributed by atoms with Crippen LogP contribution in [0.3, 0.4) is 0 Å². The van der Waals surface area contributed by atoms with Gasteiger partial charge in [-0.15, -0.1) is 11.3 Å². The Labute approximate surface area is 85.5 Å². The second-order valence-corrected chi connectivity index (χ2v) is 4.60. The molecule has 2 nitrogen and oxygen atoms in total. The number of hydrogen-bond acceptors (Lipinski definition) is 3. The average Bonchev–Trinajstić information content (AvgIpc) is 2.57. The van der Waals surface area contributed by atoms with E-state index < -0.39 is 0 Å². The molecule has 0 saturated heterocycles. The van der Waals surface area contributed by atoms with Crippen molar-refractivity contribution in [3.63, 3.8) is 0 Å². The van der Waals surface area contributed by atoms with Gasteiger partial charge in [0.15, 0.2) is 4.34 Å². The van der Waals surface area contributed by atoms with Gasteiger partial charge in [-0.3, -0.25) is 0 Å². The van der Waals surface area contributed by atoms with Crippen LogP contribution in [-0.4, -0.2) is 11.5 Å². The van der Waals surface area contributed by atoms with Crippen LogP contribution in [0.1, 0.15) is 6.92 Å². The molecule has 1 heterocycles. The number of fused-ring (bicyclic) bond motifs is 1. The number of rotatable bonds is 3. The molecule has 13 heavy (non-hydrogen) atoms. The maximum absolute atomic E-state index is 4.44. The summed E-state index contributed by atoms with van der Waals surface area (Å²) >= 11 is 3.17. The highest BCUT2D eigenvalue weighted by Gasteiger charge is 2.02. The molecule has 2 aromatic rings. The Morgan fingerprint density at radius 1 is 1.46 bits per heavy atom. The molecule has 0 unspecified atom stereocenters. The smallest absolute Gasteiger partial charge is 0.167 e. The highest BCUT2D eigenvalue weighted by Crippen LogP contribution is 2.27. The Morgan fingerprint density at radius 2 is 2.31 bits per heavy atom. The summed E-state index contributed by atoms with van der Waals surface area (Å²) < 4.78 is 6.47. The van der Waals surface area contributed by atoms with Crippen LogP contribution in [0.2, 0.25) is 0 Å². The lowest BCUT2D eigenvalue weighted by molar-refractivity contribution is 1.01. The van der Waals surface area contributed by atoms with E-state index in [9.17, 15) is 0 Å².